The minimum absolute atomic E-state index is 0.0309. The normalized spacial score (nSPS) is 13.6. The van der Waals surface area contributed by atoms with Gasteiger partial charge < -0.3 is 20.3 Å². The Hall–Kier alpha value is -3.35. The second kappa shape index (κ2) is 16.0. The molecule has 2 aromatic rings. The number of carbonyl (C=O) groups is 3. The number of hydrogen-bond donors (Lipinski definition) is 2. The molecule has 220 valence electrons. The summed E-state index contributed by atoms with van der Waals surface area (Å²) in [5, 5.41) is 5.98. The molecule has 0 radical (unpaired) electrons. The first-order valence-electron chi connectivity index (χ1n) is 14.7. The Morgan fingerprint density at radius 3 is 2.15 bits per heavy atom. The van der Waals surface area contributed by atoms with Gasteiger partial charge >= 0.3 is 6.09 Å². The summed E-state index contributed by atoms with van der Waals surface area (Å²) in [6.45, 7) is 13.9. The van der Waals surface area contributed by atoms with E-state index in [0.29, 0.717) is 6.54 Å². The molecular formula is C33H49N3O4. The van der Waals surface area contributed by atoms with E-state index in [9.17, 15) is 14.4 Å². The zero-order valence-electron chi connectivity index (χ0n) is 25.5. The summed E-state index contributed by atoms with van der Waals surface area (Å²) in [6, 6.07) is 15.5. The Labute approximate surface area is 241 Å². The molecule has 0 saturated carbocycles. The number of nitrogens with one attached hydrogen (secondary N) is 2. The third kappa shape index (κ3) is 10.7. The predicted octanol–water partition coefficient (Wildman–Crippen LogP) is 6.50. The highest BCUT2D eigenvalue weighted by molar-refractivity contribution is 5.92. The van der Waals surface area contributed by atoms with Crippen LogP contribution in [-0.4, -0.2) is 47.0 Å². The van der Waals surface area contributed by atoms with Crippen LogP contribution in [-0.2, 0) is 20.7 Å². The van der Waals surface area contributed by atoms with Crippen LogP contribution < -0.4 is 10.6 Å². The van der Waals surface area contributed by atoms with Gasteiger partial charge in [0.25, 0.3) is 0 Å². The van der Waals surface area contributed by atoms with Crippen molar-refractivity contribution < 1.29 is 19.1 Å². The largest absolute Gasteiger partial charge is 0.444 e. The number of nitrogens with zero attached hydrogens (tertiary/aromatic N) is 1. The molecule has 2 rings (SSSR count). The minimum Gasteiger partial charge on any atom is -0.444 e. The molecule has 0 aromatic heterocycles. The van der Waals surface area contributed by atoms with E-state index >= 15 is 0 Å². The van der Waals surface area contributed by atoms with E-state index in [1.807, 2.05) is 68.4 Å². The van der Waals surface area contributed by atoms with Crippen molar-refractivity contribution in [3.8, 4) is 0 Å². The average Bonchev–Trinajstić information content (AvgIpc) is 2.88. The van der Waals surface area contributed by atoms with Gasteiger partial charge in [-0.3, -0.25) is 9.59 Å². The summed E-state index contributed by atoms with van der Waals surface area (Å²) < 4.78 is 5.53. The van der Waals surface area contributed by atoms with Gasteiger partial charge in [0.15, 0.2) is 0 Å². The summed E-state index contributed by atoms with van der Waals surface area (Å²) in [6.07, 6.45) is 4.02. The molecule has 2 N–H and O–H groups in total. The summed E-state index contributed by atoms with van der Waals surface area (Å²) in [7, 11) is 0. The quantitative estimate of drug-likeness (QED) is 0.263. The lowest BCUT2D eigenvalue weighted by Gasteiger charge is -2.36. The van der Waals surface area contributed by atoms with Crippen LogP contribution in [0.2, 0.25) is 0 Å². The number of alkyl carbamates (subject to hydrolysis) is 1. The standard InChI is InChI=1S/C33H49N3O4/c1-8-10-16-22-36(29(27-21-15-14-18-24(27)3)30(37)34-25(4)17-9-2)31(38)28(23-26-19-12-11-13-20-26)35-32(39)40-33(5,6)7/h11-15,18-21,25,28-29H,8-10,16-17,22-23H2,1-7H3,(H,34,37)(H,35,39). The van der Waals surface area contributed by atoms with E-state index in [0.717, 1.165) is 48.8 Å². The average molecular weight is 552 g/mol. The van der Waals surface area contributed by atoms with E-state index < -0.39 is 23.8 Å². The number of unbranched alkanes of at least 4 members (excludes halogenated alkanes) is 2. The smallest absolute Gasteiger partial charge is 0.408 e. The fourth-order valence-electron chi connectivity index (χ4n) is 4.77. The number of aryl methyl sites for hydroxylation is 1. The van der Waals surface area contributed by atoms with E-state index in [4.69, 9.17) is 4.74 Å². The Bertz CT molecular complexity index is 1080. The fraction of sp³-hybridized carbons (Fsp3) is 0.545. The minimum atomic E-state index is -0.911. The highest BCUT2D eigenvalue weighted by Crippen LogP contribution is 2.27. The van der Waals surface area contributed by atoms with Crippen LogP contribution >= 0.6 is 0 Å². The first kappa shape index (κ1) is 32.9. The zero-order chi connectivity index (χ0) is 29.7. The molecule has 0 saturated heterocycles. The molecular weight excluding hydrogens is 502 g/mol. The maximum absolute atomic E-state index is 14.5. The van der Waals surface area contributed by atoms with Crippen molar-refractivity contribution in [1.29, 1.82) is 0 Å². The molecule has 0 heterocycles. The van der Waals surface area contributed by atoms with E-state index in [1.54, 1.807) is 25.7 Å². The maximum atomic E-state index is 14.5. The summed E-state index contributed by atoms with van der Waals surface area (Å²) >= 11 is 0. The Kier molecular flexibility index (Phi) is 13.2. The van der Waals surface area contributed by atoms with E-state index in [-0.39, 0.29) is 24.3 Å². The SMILES string of the molecule is CCCCCN(C(=O)C(Cc1ccccc1)NC(=O)OC(C)(C)C)C(C(=O)NC(C)CCC)c1ccccc1C. The number of carbonyl (C=O) groups excluding carboxylic acids is 3. The summed E-state index contributed by atoms with van der Waals surface area (Å²) in [4.78, 5) is 43.0. The molecule has 7 nitrogen and oxygen atoms in total. The molecule has 0 aliphatic carbocycles. The monoisotopic (exact) mass is 551 g/mol. The maximum Gasteiger partial charge on any atom is 0.408 e. The fourth-order valence-corrected chi connectivity index (χ4v) is 4.77. The van der Waals surface area contributed by atoms with Crippen LogP contribution in [0.3, 0.4) is 0 Å². The van der Waals surface area contributed by atoms with Gasteiger partial charge in [0.05, 0.1) is 0 Å². The van der Waals surface area contributed by atoms with Crippen molar-refractivity contribution in [2.24, 2.45) is 0 Å². The van der Waals surface area contributed by atoms with Crippen LogP contribution in [0.5, 0.6) is 0 Å². The Balaban J connectivity index is 2.56. The van der Waals surface area contributed by atoms with Crippen molar-refractivity contribution in [3.05, 3.63) is 71.3 Å². The van der Waals surface area contributed by atoms with Gasteiger partial charge in [0.1, 0.15) is 17.7 Å². The van der Waals surface area contributed by atoms with Gasteiger partial charge in [-0.15, -0.1) is 0 Å². The first-order chi connectivity index (χ1) is 19.0. The van der Waals surface area contributed by atoms with E-state index in [2.05, 4.69) is 24.5 Å². The van der Waals surface area contributed by atoms with Crippen LogP contribution in [0.4, 0.5) is 4.79 Å². The molecule has 0 spiro atoms. The third-order valence-electron chi connectivity index (χ3n) is 6.71. The van der Waals surface area contributed by atoms with Gasteiger partial charge in [-0.25, -0.2) is 4.79 Å². The molecule has 3 unspecified atom stereocenters. The Morgan fingerprint density at radius 2 is 1.55 bits per heavy atom. The number of ether oxygens (including phenoxy) is 1. The lowest BCUT2D eigenvalue weighted by atomic mass is 9.96. The molecule has 3 atom stereocenters. The molecule has 3 amide bonds. The van der Waals surface area contributed by atoms with Crippen molar-refractivity contribution in [2.45, 2.75) is 111 Å². The van der Waals surface area contributed by atoms with E-state index in [1.165, 1.54) is 0 Å². The van der Waals surface area contributed by atoms with Crippen molar-refractivity contribution in [1.82, 2.24) is 15.5 Å². The van der Waals surface area contributed by atoms with Gasteiger partial charge in [-0.2, -0.15) is 0 Å². The zero-order valence-corrected chi connectivity index (χ0v) is 25.5. The number of rotatable bonds is 14. The van der Waals surface area contributed by atoms with Crippen LogP contribution in [0.15, 0.2) is 54.6 Å². The van der Waals surface area contributed by atoms with Gasteiger partial charge in [0, 0.05) is 19.0 Å². The number of hydrogen-bond acceptors (Lipinski definition) is 4. The number of benzene rings is 2. The molecule has 2 aromatic carbocycles. The van der Waals surface area contributed by atoms with Crippen molar-refractivity contribution in [3.63, 3.8) is 0 Å². The van der Waals surface area contributed by atoms with Gasteiger partial charge in [-0.1, -0.05) is 87.7 Å². The van der Waals surface area contributed by atoms with Crippen LogP contribution in [0, 0.1) is 6.92 Å². The van der Waals surface area contributed by atoms with Crippen molar-refractivity contribution >= 4 is 17.9 Å². The number of amides is 3. The molecule has 40 heavy (non-hydrogen) atoms. The lowest BCUT2D eigenvalue weighted by Crippen LogP contribution is -2.54. The summed E-state index contributed by atoms with van der Waals surface area (Å²) in [5.74, 6) is -0.520. The first-order valence-corrected chi connectivity index (χ1v) is 14.7. The van der Waals surface area contributed by atoms with Gasteiger partial charge in [-0.05, 0) is 64.2 Å². The molecule has 7 heteroatoms. The lowest BCUT2D eigenvalue weighted by molar-refractivity contribution is -0.142. The Morgan fingerprint density at radius 1 is 0.900 bits per heavy atom. The topological polar surface area (TPSA) is 87.7 Å². The van der Waals surface area contributed by atoms with Crippen molar-refractivity contribution in [2.75, 3.05) is 6.54 Å². The molecule has 0 bridgehead atoms. The third-order valence-corrected chi connectivity index (χ3v) is 6.71. The van der Waals surface area contributed by atoms with Crippen LogP contribution in [0.1, 0.15) is 96.4 Å². The van der Waals surface area contributed by atoms with Crippen LogP contribution in [0.25, 0.3) is 0 Å². The van der Waals surface area contributed by atoms with Gasteiger partial charge in [0.2, 0.25) is 11.8 Å². The second-order valence-electron chi connectivity index (χ2n) is 11.6. The molecule has 0 aliphatic rings. The highest BCUT2D eigenvalue weighted by Gasteiger charge is 2.37. The second-order valence-corrected chi connectivity index (χ2v) is 11.6. The molecule has 0 aliphatic heterocycles. The molecule has 0 fully saturated rings. The highest BCUT2D eigenvalue weighted by atomic mass is 16.6. The summed E-state index contributed by atoms with van der Waals surface area (Å²) in [5.41, 5.74) is 1.89. The predicted molar refractivity (Wildman–Crippen MR) is 161 cm³/mol.